The Morgan fingerprint density at radius 1 is 1.26 bits per heavy atom. The number of allylic oxidation sites excluding steroid dienone is 1. The molecule has 10 nitrogen and oxygen atoms in total. The van der Waals surface area contributed by atoms with Crippen LogP contribution in [0.3, 0.4) is 0 Å². The number of ketones is 2. The number of rotatable bonds is 5. The molecule has 0 aliphatic heterocycles. The van der Waals surface area contributed by atoms with Crippen LogP contribution >= 0.6 is 11.6 Å². The Balaban J connectivity index is 1.83. The summed E-state index contributed by atoms with van der Waals surface area (Å²) in [6.45, 7) is 8.67. The lowest BCUT2D eigenvalue weighted by Crippen LogP contribution is -2.63. The number of halogens is 1. The van der Waals surface area contributed by atoms with Crippen LogP contribution in [0.5, 0.6) is 5.75 Å². The van der Waals surface area contributed by atoms with Crippen molar-refractivity contribution in [2.75, 3.05) is 14.1 Å². The number of Topliss-reactive ketones (excluding diaryl/α,β-unsaturated/α-hetero) is 2. The van der Waals surface area contributed by atoms with E-state index in [0.717, 1.165) is 0 Å². The lowest BCUT2D eigenvalue weighted by molar-refractivity contribution is -0.148. The van der Waals surface area contributed by atoms with Gasteiger partial charge in [-0.3, -0.25) is 19.3 Å². The quantitative estimate of drug-likeness (QED) is 0.295. The molecule has 0 aromatic heterocycles. The molecule has 11 heteroatoms. The van der Waals surface area contributed by atoms with Crippen molar-refractivity contribution in [3.05, 3.63) is 50.4 Å². The highest BCUT2D eigenvalue weighted by atomic mass is 35.5. The van der Waals surface area contributed by atoms with E-state index in [2.05, 4.69) is 26.1 Å². The van der Waals surface area contributed by atoms with Crippen molar-refractivity contribution in [3.63, 3.8) is 0 Å². The molecule has 1 aromatic rings. The van der Waals surface area contributed by atoms with E-state index in [4.69, 9.17) is 17.3 Å². The molecule has 0 radical (unpaired) electrons. The molecular weight excluding hydrogens is 526 g/mol. The largest absolute Gasteiger partial charge is 0.510 e. The lowest BCUT2D eigenvalue weighted by Gasteiger charge is -2.50. The van der Waals surface area contributed by atoms with Gasteiger partial charge in [-0.2, -0.15) is 0 Å². The van der Waals surface area contributed by atoms with Crippen LogP contribution in [0, 0.1) is 17.3 Å². The summed E-state index contributed by atoms with van der Waals surface area (Å²) in [4.78, 5) is 40.6. The van der Waals surface area contributed by atoms with Gasteiger partial charge >= 0.3 is 0 Å². The number of aromatic hydroxyl groups is 1. The molecule has 1 aromatic carbocycles. The van der Waals surface area contributed by atoms with Gasteiger partial charge in [0.05, 0.1) is 11.6 Å². The average molecular weight is 562 g/mol. The number of aliphatic hydroxyl groups excluding tert-OH is 2. The second-order valence-corrected chi connectivity index (χ2v) is 12.5. The number of primary amides is 1. The maximum absolute atomic E-state index is 13.7. The first-order chi connectivity index (χ1) is 17.9. The molecule has 3 aliphatic rings. The van der Waals surface area contributed by atoms with Gasteiger partial charge in [0.1, 0.15) is 22.8 Å². The predicted octanol–water partition coefficient (Wildman–Crippen LogP) is 2.30. The zero-order valence-electron chi connectivity index (χ0n) is 22.9. The van der Waals surface area contributed by atoms with Crippen molar-refractivity contribution >= 4 is 29.1 Å². The molecule has 4 rings (SSSR count). The molecule has 0 saturated heterocycles. The van der Waals surface area contributed by atoms with Crippen molar-refractivity contribution in [3.8, 4) is 5.75 Å². The Hall–Kier alpha value is -2.92. The lowest BCUT2D eigenvalue weighted by atomic mass is 9.58. The highest BCUT2D eigenvalue weighted by molar-refractivity contribution is 6.33. The number of nitrogens with zero attached hydrogens (tertiary/aromatic N) is 1. The summed E-state index contributed by atoms with van der Waals surface area (Å²) in [6.07, 6.45) is 0.149. The summed E-state index contributed by atoms with van der Waals surface area (Å²) in [5.74, 6) is -6.90. The van der Waals surface area contributed by atoms with E-state index < -0.39 is 58.0 Å². The monoisotopic (exact) mass is 561 g/mol. The van der Waals surface area contributed by atoms with Gasteiger partial charge in [0, 0.05) is 29.1 Å². The first-order valence-corrected chi connectivity index (χ1v) is 13.2. The minimum absolute atomic E-state index is 0.00634. The molecule has 5 atom stereocenters. The second kappa shape index (κ2) is 9.62. The van der Waals surface area contributed by atoms with Crippen molar-refractivity contribution in [2.24, 2.45) is 23.0 Å². The molecule has 0 bridgehead atoms. The normalized spacial score (nSPS) is 27.9. The van der Waals surface area contributed by atoms with Gasteiger partial charge in [0.15, 0.2) is 11.4 Å². The number of hydrogen-bond donors (Lipinski definition) is 6. The highest BCUT2D eigenvalue weighted by Crippen LogP contribution is 2.53. The smallest absolute Gasteiger partial charge is 0.255 e. The van der Waals surface area contributed by atoms with E-state index in [9.17, 15) is 34.8 Å². The van der Waals surface area contributed by atoms with Crippen LogP contribution in [0.1, 0.15) is 55.6 Å². The maximum atomic E-state index is 13.7. The summed E-state index contributed by atoms with van der Waals surface area (Å²) in [6, 6.07) is 0.474. The Morgan fingerprint density at radius 3 is 2.41 bits per heavy atom. The third-order valence-electron chi connectivity index (χ3n) is 8.63. The van der Waals surface area contributed by atoms with Crippen molar-refractivity contribution in [1.29, 1.82) is 0 Å². The Bertz CT molecular complexity index is 1340. The van der Waals surface area contributed by atoms with Crippen LogP contribution in [-0.4, -0.2) is 74.6 Å². The van der Waals surface area contributed by atoms with Gasteiger partial charge in [-0.15, -0.1) is 0 Å². The van der Waals surface area contributed by atoms with Crippen LogP contribution in [0.25, 0.3) is 0 Å². The van der Waals surface area contributed by atoms with E-state index in [1.165, 1.54) is 11.0 Å². The number of hydrogen-bond acceptors (Lipinski definition) is 9. The molecule has 0 heterocycles. The van der Waals surface area contributed by atoms with Gasteiger partial charge in [-0.1, -0.05) is 32.4 Å². The van der Waals surface area contributed by atoms with E-state index in [0.29, 0.717) is 22.7 Å². The molecule has 0 saturated carbocycles. The number of aliphatic hydroxyl groups is 3. The third kappa shape index (κ3) is 4.34. The zero-order valence-corrected chi connectivity index (χ0v) is 23.7. The molecule has 3 aliphatic carbocycles. The average Bonchev–Trinajstić information content (AvgIpc) is 2.81. The Kier molecular flexibility index (Phi) is 7.17. The number of phenols is 1. The molecular formula is C28H36ClN3O7. The van der Waals surface area contributed by atoms with Crippen LogP contribution < -0.4 is 11.1 Å². The van der Waals surface area contributed by atoms with Gasteiger partial charge in [0.25, 0.3) is 5.91 Å². The van der Waals surface area contributed by atoms with Crippen molar-refractivity contribution in [1.82, 2.24) is 10.2 Å². The summed E-state index contributed by atoms with van der Waals surface area (Å²) in [5, 5.41) is 48.4. The molecule has 0 spiro atoms. The highest BCUT2D eigenvalue weighted by Gasteiger charge is 2.63. The number of nitrogens with two attached hydrogens (primary N) is 1. The Morgan fingerprint density at radius 2 is 1.87 bits per heavy atom. The van der Waals surface area contributed by atoms with E-state index in [-0.39, 0.29) is 41.2 Å². The standard InChI is InChI=1S/C28H36ClN3O7/c1-11(27(2,3)4)31-10-13-9-16(33)18-14(20(13)29)7-12-8-15-21(32(5)6)23(35)19(26(30)38)25(37)28(15,39)24(36)17(12)22(18)34/h9,11-12,15,21,31,33,35-36,39H,7-8,10H2,1-6H3,(H2,30,38)/t11-,12+,15+,21+,28+/m1/s1. The summed E-state index contributed by atoms with van der Waals surface area (Å²) >= 11 is 6.78. The molecule has 212 valence electrons. The molecule has 0 unspecified atom stereocenters. The van der Waals surface area contributed by atoms with Gasteiger partial charge in [0.2, 0.25) is 5.78 Å². The number of amides is 1. The van der Waals surface area contributed by atoms with Crippen LogP contribution in [0.15, 0.2) is 28.7 Å². The third-order valence-corrected chi connectivity index (χ3v) is 9.10. The van der Waals surface area contributed by atoms with Crippen LogP contribution in [-0.2, 0) is 22.6 Å². The van der Waals surface area contributed by atoms with Crippen LogP contribution in [0.4, 0.5) is 0 Å². The topological polar surface area (TPSA) is 173 Å². The number of phenolic OH excluding ortho intramolecular Hbond substituents is 1. The number of nitrogens with one attached hydrogen (secondary N) is 1. The molecule has 0 fully saturated rings. The number of fused-ring (bicyclic) bond motifs is 3. The fourth-order valence-corrected chi connectivity index (χ4v) is 6.34. The summed E-state index contributed by atoms with van der Waals surface area (Å²) in [5.41, 5.74) is 2.52. The minimum Gasteiger partial charge on any atom is -0.510 e. The number of carbonyl (C=O) groups excluding carboxylic acids is 3. The zero-order chi connectivity index (χ0) is 29.4. The molecule has 1 amide bonds. The second-order valence-electron chi connectivity index (χ2n) is 12.2. The fraction of sp³-hybridized carbons (Fsp3) is 0.536. The first-order valence-electron chi connectivity index (χ1n) is 12.9. The number of benzene rings is 1. The van der Waals surface area contributed by atoms with E-state index in [1.54, 1.807) is 14.1 Å². The maximum Gasteiger partial charge on any atom is 0.255 e. The van der Waals surface area contributed by atoms with Gasteiger partial charge in [-0.25, -0.2) is 0 Å². The van der Waals surface area contributed by atoms with Gasteiger partial charge in [-0.05, 0) is 62.4 Å². The first kappa shape index (κ1) is 29.1. The fourth-order valence-electron chi connectivity index (χ4n) is 6.05. The predicted molar refractivity (Wildman–Crippen MR) is 144 cm³/mol. The summed E-state index contributed by atoms with van der Waals surface area (Å²) in [7, 11) is 3.17. The Labute approximate surface area is 232 Å². The van der Waals surface area contributed by atoms with Crippen LogP contribution in [0.2, 0.25) is 5.02 Å². The van der Waals surface area contributed by atoms with E-state index >= 15 is 0 Å². The van der Waals surface area contributed by atoms with Crippen molar-refractivity contribution in [2.45, 2.75) is 64.8 Å². The summed E-state index contributed by atoms with van der Waals surface area (Å²) < 4.78 is 0. The van der Waals surface area contributed by atoms with Crippen molar-refractivity contribution < 1.29 is 34.8 Å². The minimum atomic E-state index is -2.67. The van der Waals surface area contributed by atoms with E-state index in [1.807, 2.05) is 6.92 Å². The SMILES string of the molecule is C[C@@H](NCc1cc(O)c2c(c1Cl)C[C@H]1C[C@H]3[C@H](N(C)C)C(O)=C(C(N)=O)C(=O)[C@@]3(O)C(O)=C1C2=O)C(C)(C)C. The molecule has 7 N–H and O–H groups in total. The number of carbonyl (C=O) groups is 3. The molecule has 39 heavy (non-hydrogen) atoms. The number of likely N-dealkylation sites (N-methyl/N-ethyl adjacent to an activating group) is 1. The van der Waals surface area contributed by atoms with Gasteiger partial charge < -0.3 is 31.5 Å².